The summed E-state index contributed by atoms with van der Waals surface area (Å²) in [5, 5.41) is 2.44. The molecule has 4 amide bonds. The number of hydrogen-bond acceptors (Lipinski definition) is 5. The molecule has 3 unspecified atom stereocenters. The molecule has 3 rings (SSSR count). The molecule has 8 nitrogen and oxygen atoms in total. The van der Waals surface area contributed by atoms with Gasteiger partial charge in [0.05, 0.1) is 18.7 Å². The van der Waals surface area contributed by atoms with Gasteiger partial charge in [0.25, 0.3) is 5.91 Å². The van der Waals surface area contributed by atoms with Gasteiger partial charge in [0.15, 0.2) is 0 Å². The molecule has 2 aliphatic rings. The van der Waals surface area contributed by atoms with Gasteiger partial charge in [-0.3, -0.25) is 14.4 Å². The topological polar surface area (TPSA) is 96.0 Å². The van der Waals surface area contributed by atoms with E-state index in [1.807, 2.05) is 13.8 Å². The number of carbonyl (C=O) groups excluding carboxylic acids is 4. The number of nitrogens with zero attached hydrogens (tertiary/aromatic N) is 2. The molecule has 0 bridgehead atoms. The summed E-state index contributed by atoms with van der Waals surface area (Å²) in [6, 6.07) is 0.410. The molecule has 0 radical (unpaired) electrons. The zero-order valence-corrected chi connectivity index (χ0v) is 17.6. The van der Waals surface area contributed by atoms with Gasteiger partial charge in [-0.2, -0.15) is 0 Å². The number of amides is 4. The second-order valence-corrected chi connectivity index (χ2v) is 8.05. The van der Waals surface area contributed by atoms with Crippen molar-refractivity contribution < 1.29 is 32.7 Å². The number of urea groups is 1. The minimum Gasteiger partial charge on any atom is -0.469 e. The maximum absolute atomic E-state index is 14.0. The number of anilines is 1. The fraction of sp³-hybridized carbons (Fsp3) is 0.524. The summed E-state index contributed by atoms with van der Waals surface area (Å²) >= 11 is 0. The van der Waals surface area contributed by atoms with E-state index in [4.69, 9.17) is 4.74 Å². The van der Waals surface area contributed by atoms with E-state index in [-0.39, 0.29) is 42.4 Å². The van der Waals surface area contributed by atoms with E-state index >= 15 is 0 Å². The Morgan fingerprint density at radius 1 is 1.26 bits per heavy atom. The van der Waals surface area contributed by atoms with Crippen LogP contribution in [0.15, 0.2) is 18.2 Å². The van der Waals surface area contributed by atoms with Crippen LogP contribution in [-0.2, 0) is 19.1 Å². The van der Waals surface area contributed by atoms with E-state index in [0.29, 0.717) is 23.9 Å². The van der Waals surface area contributed by atoms with Crippen LogP contribution in [0.25, 0.3) is 0 Å². The standard InChI is InChI=1S/C21H25F2N3O5/c1-11(2)18-13(20(29)31-3)8-9-25(18)17(27)7-5-15-19(28)26(21(30)24-15)16-6-4-12(22)10-14(16)23/h4,6,10-11,13,15,18H,5,7-9H2,1-3H3,(H,24,30). The first-order valence-corrected chi connectivity index (χ1v) is 10.1. The Kier molecular flexibility index (Phi) is 6.56. The van der Waals surface area contributed by atoms with Crippen molar-refractivity contribution in [3.8, 4) is 0 Å². The van der Waals surface area contributed by atoms with E-state index in [1.165, 1.54) is 7.11 Å². The highest BCUT2D eigenvalue weighted by Gasteiger charge is 2.44. The second kappa shape index (κ2) is 8.99. The van der Waals surface area contributed by atoms with Crippen molar-refractivity contribution >= 4 is 29.5 Å². The summed E-state index contributed by atoms with van der Waals surface area (Å²) in [7, 11) is 1.31. The Balaban J connectivity index is 1.66. The maximum atomic E-state index is 14.0. The van der Waals surface area contributed by atoms with Gasteiger partial charge in [0, 0.05) is 25.1 Å². The average molecular weight is 437 g/mol. The first-order chi connectivity index (χ1) is 14.6. The Bertz CT molecular complexity index is 907. The molecule has 0 spiro atoms. The highest BCUT2D eigenvalue weighted by molar-refractivity contribution is 6.21. The van der Waals surface area contributed by atoms with Crippen LogP contribution in [-0.4, -0.2) is 54.5 Å². The quantitative estimate of drug-likeness (QED) is 0.544. The van der Waals surface area contributed by atoms with Crippen molar-refractivity contribution in [3.63, 3.8) is 0 Å². The molecule has 1 aromatic rings. The van der Waals surface area contributed by atoms with Gasteiger partial charge >= 0.3 is 12.0 Å². The molecular weight excluding hydrogens is 412 g/mol. The molecule has 2 saturated heterocycles. The number of benzene rings is 1. The summed E-state index contributed by atoms with van der Waals surface area (Å²) in [5.41, 5.74) is -0.349. The molecule has 10 heteroatoms. The maximum Gasteiger partial charge on any atom is 0.329 e. The molecule has 1 aromatic carbocycles. The third-order valence-corrected chi connectivity index (χ3v) is 5.78. The molecule has 2 aliphatic heterocycles. The SMILES string of the molecule is COC(=O)C1CCN(C(=O)CCC2NC(=O)N(c3ccc(F)cc3F)C2=O)C1C(C)C. The first kappa shape index (κ1) is 22.6. The van der Waals surface area contributed by atoms with Gasteiger partial charge < -0.3 is 15.0 Å². The normalized spacial score (nSPS) is 23.5. The molecule has 0 aliphatic carbocycles. The molecular formula is C21H25F2N3O5. The Labute approximate surface area is 178 Å². The summed E-state index contributed by atoms with van der Waals surface area (Å²) in [5.74, 6) is -3.55. The zero-order chi connectivity index (χ0) is 22.9. The smallest absolute Gasteiger partial charge is 0.329 e. The van der Waals surface area contributed by atoms with Crippen LogP contribution in [0, 0.1) is 23.5 Å². The number of rotatable bonds is 6. The lowest BCUT2D eigenvalue weighted by molar-refractivity contribution is -0.147. The highest BCUT2D eigenvalue weighted by atomic mass is 19.1. The average Bonchev–Trinajstić information content (AvgIpc) is 3.28. The van der Waals surface area contributed by atoms with Gasteiger partial charge in [0.1, 0.15) is 17.7 Å². The molecule has 168 valence electrons. The molecule has 1 N–H and O–H groups in total. The van der Waals surface area contributed by atoms with Crippen LogP contribution in [0.2, 0.25) is 0 Å². The van der Waals surface area contributed by atoms with Crippen LogP contribution < -0.4 is 10.2 Å². The highest BCUT2D eigenvalue weighted by Crippen LogP contribution is 2.32. The number of ether oxygens (including phenoxy) is 1. The summed E-state index contributed by atoms with van der Waals surface area (Å²) < 4.78 is 32.0. The summed E-state index contributed by atoms with van der Waals surface area (Å²) in [4.78, 5) is 52.0. The second-order valence-electron chi connectivity index (χ2n) is 8.05. The first-order valence-electron chi connectivity index (χ1n) is 10.1. The molecule has 2 heterocycles. The molecule has 2 fully saturated rings. The van der Waals surface area contributed by atoms with E-state index in [0.717, 1.165) is 12.1 Å². The number of esters is 1. The Hall–Kier alpha value is -3.04. The number of hydrogen-bond donors (Lipinski definition) is 1. The van der Waals surface area contributed by atoms with Crippen molar-refractivity contribution in [1.82, 2.24) is 10.2 Å². The van der Waals surface area contributed by atoms with Gasteiger partial charge in [-0.15, -0.1) is 0 Å². The molecule has 31 heavy (non-hydrogen) atoms. The van der Waals surface area contributed by atoms with Crippen LogP contribution >= 0.6 is 0 Å². The fourth-order valence-corrected chi connectivity index (χ4v) is 4.37. The number of methoxy groups -OCH3 is 1. The number of halogens is 2. The van der Waals surface area contributed by atoms with Crippen molar-refractivity contribution in [2.45, 2.75) is 45.2 Å². The van der Waals surface area contributed by atoms with Crippen molar-refractivity contribution in [3.05, 3.63) is 29.8 Å². The van der Waals surface area contributed by atoms with Crippen LogP contribution in [0.3, 0.4) is 0 Å². The lowest BCUT2D eigenvalue weighted by Gasteiger charge is -2.30. The Morgan fingerprint density at radius 2 is 1.97 bits per heavy atom. The van der Waals surface area contributed by atoms with Gasteiger partial charge in [-0.25, -0.2) is 18.5 Å². The molecule has 0 aromatic heterocycles. The third-order valence-electron chi connectivity index (χ3n) is 5.78. The van der Waals surface area contributed by atoms with Gasteiger partial charge in [-0.1, -0.05) is 13.8 Å². The lowest BCUT2D eigenvalue weighted by Crippen LogP contribution is -2.44. The van der Waals surface area contributed by atoms with Gasteiger partial charge in [-0.05, 0) is 30.9 Å². The largest absolute Gasteiger partial charge is 0.469 e. The van der Waals surface area contributed by atoms with E-state index in [2.05, 4.69) is 5.32 Å². The molecule has 0 saturated carbocycles. The minimum atomic E-state index is -1.04. The van der Waals surface area contributed by atoms with Crippen LogP contribution in [0.4, 0.5) is 19.3 Å². The monoisotopic (exact) mass is 437 g/mol. The van der Waals surface area contributed by atoms with E-state index in [1.54, 1.807) is 4.90 Å². The third kappa shape index (κ3) is 4.38. The number of nitrogens with one attached hydrogen (secondary N) is 1. The number of carbonyl (C=O) groups is 4. The summed E-state index contributed by atoms with van der Waals surface area (Å²) in [6.45, 7) is 4.24. The predicted octanol–water partition coefficient (Wildman–Crippen LogP) is 2.22. The lowest BCUT2D eigenvalue weighted by atomic mass is 9.91. The van der Waals surface area contributed by atoms with E-state index in [9.17, 15) is 28.0 Å². The fourth-order valence-electron chi connectivity index (χ4n) is 4.37. The van der Waals surface area contributed by atoms with Crippen LogP contribution in [0.5, 0.6) is 0 Å². The van der Waals surface area contributed by atoms with Crippen molar-refractivity contribution in [1.29, 1.82) is 0 Å². The van der Waals surface area contributed by atoms with E-state index < -0.39 is 35.5 Å². The summed E-state index contributed by atoms with van der Waals surface area (Å²) in [6.07, 6.45) is 0.485. The number of imide groups is 1. The predicted molar refractivity (Wildman–Crippen MR) is 106 cm³/mol. The minimum absolute atomic E-state index is 0.0208. The van der Waals surface area contributed by atoms with Crippen molar-refractivity contribution in [2.24, 2.45) is 11.8 Å². The van der Waals surface area contributed by atoms with Crippen molar-refractivity contribution in [2.75, 3.05) is 18.6 Å². The molecule has 3 atom stereocenters. The van der Waals surface area contributed by atoms with Crippen LogP contribution in [0.1, 0.15) is 33.1 Å². The number of likely N-dealkylation sites (tertiary alicyclic amines) is 1. The zero-order valence-electron chi connectivity index (χ0n) is 17.6. The van der Waals surface area contributed by atoms with Gasteiger partial charge in [0.2, 0.25) is 5.91 Å². The Morgan fingerprint density at radius 3 is 2.58 bits per heavy atom.